The molecule has 0 bridgehead atoms. The summed E-state index contributed by atoms with van der Waals surface area (Å²) in [5, 5.41) is 9.37. The summed E-state index contributed by atoms with van der Waals surface area (Å²) in [4.78, 5) is 28.2. The fraction of sp³-hybridized carbons (Fsp3) is 0.176. The first-order valence-electron chi connectivity index (χ1n) is 8.42. The topological polar surface area (TPSA) is 126 Å². The highest BCUT2D eigenvalue weighted by atomic mass is 32.2. The molecule has 1 fully saturated rings. The first-order valence-corrected chi connectivity index (χ1v) is 9.86. The molecular weight excluding hydrogens is 384 g/mol. The van der Waals surface area contributed by atoms with Gasteiger partial charge in [-0.25, -0.2) is 13.4 Å². The number of rotatable bonds is 4. The third kappa shape index (κ3) is 3.32. The molecular formula is C17H16N6O4S. The molecule has 3 aromatic rings. The van der Waals surface area contributed by atoms with Crippen LogP contribution < -0.4 is 10.6 Å². The third-order valence-electron chi connectivity index (χ3n) is 4.27. The third-order valence-corrected chi connectivity index (χ3v) is 6.11. The van der Waals surface area contributed by atoms with Crippen LogP contribution in [0.2, 0.25) is 0 Å². The number of fused-ring (bicyclic) bond motifs is 1. The summed E-state index contributed by atoms with van der Waals surface area (Å²) in [5.74, 6) is -0.443. The Bertz CT molecular complexity index is 1170. The molecule has 4 rings (SSSR count). The highest BCUT2D eigenvalue weighted by Gasteiger charge is 2.29. The second-order valence-electron chi connectivity index (χ2n) is 6.10. The second kappa shape index (κ2) is 7.02. The van der Waals surface area contributed by atoms with Gasteiger partial charge in [-0.15, -0.1) is 0 Å². The zero-order valence-corrected chi connectivity index (χ0v) is 15.4. The van der Waals surface area contributed by atoms with E-state index in [1.54, 1.807) is 18.3 Å². The van der Waals surface area contributed by atoms with Crippen LogP contribution in [0.15, 0.2) is 53.7 Å². The van der Waals surface area contributed by atoms with E-state index in [9.17, 15) is 18.0 Å². The van der Waals surface area contributed by atoms with Crippen molar-refractivity contribution in [1.82, 2.24) is 24.2 Å². The molecule has 1 aliphatic rings. The molecule has 28 heavy (non-hydrogen) atoms. The molecule has 2 aromatic heterocycles. The van der Waals surface area contributed by atoms with Crippen molar-refractivity contribution in [3.8, 4) is 0 Å². The molecule has 0 atom stereocenters. The molecule has 0 spiro atoms. The van der Waals surface area contributed by atoms with Crippen LogP contribution in [0.1, 0.15) is 10.4 Å². The van der Waals surface area contributed by atoms with Crippen LogP contribution in [0.25, 0.3) is 5.65 Å². The van der Waals surface area contributed by atoms with E-state index in [-0.39, 0.29) is 36.0 Å². The molecule has 144 valence electrons. The molecule has 2 amide bonds. The minimum Gasteiger partial charge on any atom is -0.354 e. The van der Waals surface area contributed by atoms with E-state index >= 15 is 0 Å². The van der Waals surface area contributed by atoms with Gasteiger partial charge in [0, 0.05) is 30.9 Å². The number of sulfonamides is 1. The van der Waals surface area contributed by atoms with E-state index in [4.69, 9.17) is 0 Å². The highest BCUT2D eigenvalue weighted by Crippen LogP contribution is 2.19. The van der Waals surface area contributed by atoms with Gasteiger partial charge in [0.15, 0.2) is 5.65 Å². The fourth-order valence-electron chi connectivity index (χ4n) is 2.88. The Kier molecular flexibility index (Phi) is 4.53. The van der Waals surface area contributed by atoms with Crippen molar-refractivity contribution in [2.45, 2.75) is 4.90 Å². The smallest absolute Gasteiger partial charge is 0.256 e. The molecule has 3 heterocycles. The first-order chi connectivity index (χ1) is 13.4. The quantitative estimate of drug-likeness (QED) is 0.640. The number of anilines is 1. The zero-order valence-electron chi connectivity index (χ0n) is 14.6. The lowest BCUT2D eigenvalue weighted by Gasteiger charge is -2.26. The first kappa shape index (κ1) is 18.1. The summed E-state index contributed by atoms with van der Waals surface area (Å²) in [5.41, 5.74) is 0.733. The maximum absolute atomic E-state index is 12.8. The SMILES string of the molecule is O=C1CN(S(=O)(=O)c2cccc(C(=O)Nc3ccnc4ccnn34)c2)CCN1. The van der Waals surface area contributed by atoms with E-state index in [1.807, 2.05) is 0 Å². The molecule has 1 aliphatic heterocycles. The van der Waals surface area contributed by atoms with Crippen molar-refractivity contribution in [1.29, 1.82) is 0 Å². The number of benzene rings is 1. The normalized spacial score (nSPS) is 15.4. The molecule has 0 saturated carbocycles. The van der Waals surface area contributed by atoms with Gasteiger partial charge in [-0.3, -0.25) is 9.59 Å². The molecule has 11 heteroatoms. The summed E-state index contributed by atoms with van der Waals surface area (Å²) < 4.78 is 28.2. The minimum atomic E-state index is -3.88. The molecule has 2 N–H and O–H groups in total. The Hall–Kier alpha value is -3.31. The standard InChI is InChI=1S/C17H16N6O4S/c24-16-11-22(9-8-19-16)28(26,27)13-3-1-2-12(10-13)17(25)21-15-4-6-18-14-5-7-20-23(14)15/h1-7,10H,8-9,11H2,(H,19,24)(H,21,25). The lowest BCUT2D eigenvalue weighted by Crippen LogP contribution is -2.49. The van der Waals surface area contributed by atoms with E-state index in [1.165, 1.54) is 35.0 Å². The summed E-state index contributed by atoms with van der Waals surface area (Å²) in [6.07, 6.45) is 3.09. The number of nitrogens with one attached hydrogen (secondary N) is 2. The number of hydrogen-bond acceptors (Lipinski definition) is 6. The van der Waals surface area contributed by atoms with Crippen molar-refractivity contribution in [2.75, 3.05) is 25.0 Å². The van der Waals surface area contributed by atoms with Gasteiger partial charge in [0.1, 0.15) is 5.82 Å². The number of carbonyl (C=O) groups excluding carboxylic acids is 2. The van der Waals surface area contributed by atoms with Crippen molar-refractivity contribution >= 4 is 33.3 Å². The van der Waals surface area contributed by atoms with Gasteiger partial charge in [-0.1, -0.05) is 6.07 Å². The maximum Gasteiger partial charge on any atom is 0.256 e. The van der Waals surface area contributed by atoms with Gasteiger partial charge in [0.05, 0.1) is 17.6 Å². The van der Waals surface area contributed by atoms with Crippen LogP contribution in [0, 0.1) is 0 Å². The van der Waals surface area contributed by atoms with Crippen LogP contribution in [0.3, 0.4) is 0 Å². The average Bonchev–Trinajstić information content (AvgIpc) is 3.18. The number of amides is 2. The van der Waals surface area contributed by atoms with Gasteiger partial charge in [0.25, 0.3) is 5.91 Å². The van der Waals surface area contributed by atoms with Crippen molar-refractivity contribution < 1.29 is 18.0 Å². The van der Waals surface area contributed by atoms with Crippen molar-refractivity contribution in [2.24, 2.45) is 0 Å². The monoisotopic (exact) mass is 400 g/mol. The van der Waals surface area contributed by atoms with Crippen LogP contribution in [0.4, 0.5) is 5.82 Å². The fourth-order valence-corrected chi connectivity index (χ4v) is 4.33. The van der Waals surface area contributed by atoms with Crippen LogP contribution in [-0.2, 0) is 14.8 Å². The summed E-state index contributed by atoms with van der Waals surface area (Å²) in [6, 6.07) is 8.97. The van der Waals surface area contributed by atoms with E-state index in [2.05, 4.69) is 20.7 Å². The summed E-state index contributed by atoms with van der Waals surface area (Å²) in [6.45, 7) is 0.187. The van der Waals surface area contributed by atoms with Crippen LogP contribution in [-0.4, -0.2) is 58.8 Å². The lowest BCUT2D eigenvalue weighted by atomic mass is 10.2. The van der Waals surface area contributed by atoms with E-state index < -0.39 is 15.9 Å². The maximum atomic E-state index is 12.8. The predicted molar refractivity (Wildman–Crippen MR) is 99.2 cm³/mol. The lowest BCUT2D eigenvalue weighted by molar-refractivity contribution is -0.122. The summed E-state index contributed by atoms with van der Waals surface area (Å²) in [7, 11) is -3.88. The summed E-state index contributed by atoms with van der Waals surface area (Å²) >= 11 is 0. The number of carbonyl (C=O) groups is 2. The molecule has 0 radical (unpaired) electrons. The Morgan fingerprint density at radius 3 is 2.86 bits per heavy atom. The van der Waals surface area contributed by atoms with Crippen LogP contribution >= 0.6 is 0 Å². The Balaban J connectivity index is 1.60. The number of aromatic nitrogens is 3. The average molecular weight is 400 g/mol. The molecule has 0 aliphatic carbocycles. The number of nitrogens with zero attached hydrogens (tertiary/aromatic N) is 4. The molecule has 1 saturated heterocycles. The minimum absolute atomic E-state index is 0.0474. The Labute approximate surface area is 160 Å². The van der Waals surface area contributed by atoms with E-state index in [0.29, 0.717) is 11.5 Å². The number of piperazine rings is 1. The van der Waals surface area contributed by atoms with Gasteiger partial charge in [0.2, 0.25) is 15.9 Å². The Morgan fingerprint density at radius 1 is 1.18 bits per heavy atom. The Morgan fingerprint density at radius 2 is 2.04 bits per heavy atom. The van der Waals surface area contributed by atoms with Crippen molar-refractivity contribution in [3.63, 3.8) is 0 Å². The largest absolute Gasteiger partial charge is 0.354 e. The predicted octanol–water partition coefficient (Wildman–Crippen LogP) is 0.102. The molecule has 1 aromatic carbocycles. The van der Waals surface area contributed by atoms with Gasteiger partial charge in [-0.2, -0.15) is 13.9 Å². The zero-order chi connectivity index (χ0) is 19.7. The molecule has 0 unspecified atom stereocenters. The van der Waals surface area contributed by atoms with Crippen molar-refractivity contribution in [3.05, 3.63) is 54.4 Å². The van der Waals surface area contributed by atoms with E-state index in [0.717, 1.165) is 4.31 Å². The van der Waals surface area contributed by atoms with Gasteiger partial charge < -0.3 is 10.6 Å². The van der Waals surface area contributed by atoms with Gasteiger partial charge >= 0.3 is 0 Å². The highest BCUT2D eigenvalue weighted by molar-refractivity contribution is 7.89. The second-order valence-corrected chi connectivity index (χ2v) is 8.04. The van der Waals surface area contributed by atoms with Crippen LogP contribution in [0.5, 0.6) is 0 Å². The van der Waals surface area contributed by atoms with Gasteiger partial charge in [-0.05, 0) is 24.3 Å². The number of hydrogen-bond donors (Lipinski definition) is 2. The molecule has 10 nitrogen and oxygen atoms in total.